The second kappa shape index (κ2) is 8.71. The summed E-state index contributed by atoms with van der Waals surface area (Å²) < 4.78 is 17.5. The topological polar surface area (TPSA) is 62.6 Å². The Morgan fingerprint density at radius 1 is 1.07 bits per heavy atom. The van der Waals surface area contributed by atoms with Crippen molar-refractivity contribution in [2.45, 2.75) is 6.61 Å². The van der Waals surface area contributed by atoms with Crippen LogP contribution in [-0.2, 0) is 16.1 Å². The molecule has 138 valence electrons. The first-order valence-electron chi connectivity index (χ1n) is 8.35. The summed E-state index contributed by atoms with van der Waals surface area (Å²) in [7, 11) is 3.16. The normalized spacial score (nSPS) is 10.7. The number of hydrogen-bond acceptors (Lipinski definition) is 5. The van der Waals surface area contributed by atoms with E-state index < -0.39 is 5.97 Å². The highest BCUT2D eigenvalue weighted by atomic mass is 16.5. The summed E-state index contributed by atoms with van der Waals surface area (Å²) in [5, 5.41) is 4.17. The van der Waals surface area contributed by atoms with Crippen LogP contribution in [0.15, 0.2) is 67.0 Å². The number of hydrogen-bond donors (Lipinski definition) is 0. The summed E-state index contributed by atoms with van der Waals surface area (Å²) in [6.07, 6.45) is 6.63. The highest BCUT2D eigenvalue weighted by Gasteiger charge is 2.03. The van der Waals surface area contributed by atoms with Gasteiger partial charge in [-0.15, -0.1) is 0 Å². The fourth-order valence-corrected chi connectivity index (χ4v) is 2.46. The van der Waals surface area contributed by atoms with Crippen LogP contribution < -0.4 is 9.47 Å². The van der Waals surface area contributed by atoms with Crippen molar-refractivity contribution in [1.29, 1.82) is 0 Å². The quantitative estimate of drug-likeness (QED) is 0.473. The van der Waals surface area contributed by atoms with Gasteiger partial charge in [-0.05, 0) is 47.5 Å². The van der Waals surface area contributed by atoms with Crippen LogP contribution in [0.1, 0.15) is 11.1 Å². The van der Waals surface area contributed by atoms with Gasteiger partial charge in [0.05, 0.1) is 19.9 Å². The van der Waals surface area contributed by atoms with Gasteiger partial charge in [0.15, 0.2) is 0 Å². The van der Waals surface area contributed by atoms with Crippen molar-refractivity contribution in [2.75, 3.05) is 14.2 Å². The smallest absolute Gasteiger partial charge is 0.331 e. The summed E-state index contributed by atoms with van der Waals surface area (Å²) >= 11 is 0. The lowest BCUT2D eigenvalue weighted by atomic mass is 10.2. The lowest BCUT2D eigenvalue weighted by Crippen LogP contribution is -2.01. The molecule has 0 saturated heterocycles. The Balaban J connectivity index is 1.57. The lowest BCUT2D eigenvalue weighted by Gasteiger charge is -2.06. The Morgan fingerprint density at radius 3 is 2.37 bits per heavy atom. The fourth-order valence-electron chi connectivity index (χ4n) is 2.46. The van der Waals surface area contributed by atoms with E-state index >= 15 is 0 Å². The van der Waals surface area contributed by atoms with E-state index in [2.05, 4.69) is 5.10 Å². The third-order valence-corrected chi connectivity index (χ3v) is 3.87. The Morgan fingerprint density at radius 2 is 1.78 bits per heavy atom. The number of carbonyl (C=O) groups is 1. The highest BCUT2D eigenvalue weighted by Crippen LogP contribution is 2.23. The summed E-state index contributed by atoms with van der Waals surface area (Å²) in [4.78, 5) is 12.0. The van der Waals surface area contributed by atoms with Gasteiger partial charge in [0, 0.05) is 24.5 Å². The summed E-state index contributed by atoms with van der Waals surface area (Å²) in [5.74, 6) is 0.882. The Hall–Kier alpha value is -3.54. The third kappa shape index (κ3) is 4.98. The van der Waals surface area contributed by atoms with Gasteiger partial charge in [-0.3, -0.25) is 0 Å². The van der Waals surface area contributed by atoms with E-state index in [-0.39, 0.29) is 6.61 Å². The van der Waals surface area contributed by atoms with E-state index in [1.807, 2.05) is 36.5 Å². The summed E-state index contributed by atoms with van der Waals surface area (Å²) in [6, 6.07) is 14.9. The van der Waals surface area contributed by atoms with Gasteiger partial charge >= 0.3 is 5.97 Å². The molecule has 0 fully saturated rings. The zero-order chi connectivity index (χ0) is 19.1. The third-order valence-electron chi connectivity index (χ3n) is 3.87. The van der Waals surface area contributed by atoms with E-state index in [1.54, 1.807) is 49.4 Å². The molecule has 0 aliphatic rings. The first-order chi connectivity index (χ1) is 13.2. The van der Waals surface area contributed by atoms with Crippen LogP contribution in [0.4, 0.5) is 0 Å². The fraction of sp³-hybridized carbons (Fsp3) is 0.143. The van der Waals surface area contributed by atoms with Crippen molar-refractivity contribution in [3.8, 4) is 17.2 Å². The maximum absolute atomic E-state index is 12.0. The molecular formula is C21H20N2O4. The molecule has 1 heterocycles. The number of nitrogens with zero attached hydrogens (tertiary/aromatic N) is 2. The molecule has 0 atom stereocenters. The van der Waals surface area contributed by atoms with E-state index in [0.29, 0.717) is 11.5 Å². The zero-order valence-corrected chi connectivity index (χ0v) is 15.2. The molecule has 0 unspecified atom stereocenters. The predicted molar refractivity (Wildman–Crippen MR) is 102 cm³/mol. The minimum atomic E-state index is -0.423. The van der Waals surface area contributed by atoms with Crippen molar-refractivity contribution in [3.05, 3.63) is 78.1 Å². The second-order valence-electron chi connectivity index (χ2n) is 5.70. The molecule has 0 amide bonds. The average Bonchev–Trinajstić information content (AvgIpc) is 3.25. The van der Waals surface area contributed by atoms with Gasteiger partial charge in [-0.25, -0.2) is 9.48 Å². The number of benzene rings is 2. The molecule has 2 aromatic carbocycles. The standard InChI is InChI=1S/C21H20N2O4/c1-25-19-12-17(13-20(14-19)26-2)6-9-21(24)27-15-16-4-7-18(8-5-16)23-11-3-10-22-23/h3-14H,15H2,1-2H3/b9-6+. The zero-order valence-electron chi connectivity index (χ0n) is 15.2. The Labute approximate surface area is 157 Å². The number of aromatic nitrogens is 2. The summed E-state index contributed by atoms with van der Waals surface area (Å²) in [5.41, 5.74) is 2.63. The van der Waals surface area contributed by atoms with E-state index in [1.165, 1.54) is 6.08 Å². The molecule has 0 saturated carbocycles. The molecule has 6 nitrogen and oxygen atoms in total. The van der Waals surface area contributed by atoms with Crippen molar-refractivity contribution >= 4 is 12.0 Å². The van der Waals surface area contributed by atoms with Gasteiger partial charge in [0.25, 0.3) is 0 Å². The van der Waals surface area contributed by atoms with Gasteiger partial charge < -0.3 is 14.2 Å². The molecular weight excluding hydrogens is 344 g/mol. The average molecular weight is 364 g/mol. The van der Waals surface area contributed by atoms with Crippen LogP contribution in [0.25, 0.3) is 11.8 Å². The molecule has 0 spiro atoms. The molecule has 3 rings (SSSR count). The Bertz CT molecular complexity index is 894. The molecule has 0 radical (unpaired) electrons. The molecule has 0 aliphatic carbocycles. The predicted octanol–water partition coefficient (Wildman–Crippen LogP) is 3.65. The van der Waals surface area contributed by atoms with Gasteiger partial charge in [0.1, 0.15) is 18.1 Å². The van der Waals surface area contributed by atoms with Crippen molar-refractivity contribution in [1.82, 2.24) is 9.78 Å². The minimum Gasteiger partial charge on any atom is -0.497 e. The number of methoxy groups -OCH3 is 2. The largest absolute Gasteiger partial charge is 0.497 e. The van der Waals surface area contributed by atoms with Crippen LogP contribution in [0, 0.1) is 0 Å². The number of ether oxygens (including phenoxy) is 3. The Kier molecular flexibility index (Phi) is 5.89. The van der Waals surface area contributed by atoms with Crippen LogP contribution in [0.2, 0.25) is 0 Å². The van der Waals surface area contributed by atoms with Crippen LogP contribution in [0.3, 0.4) is 0 Å². The molecule has 27 heavy (non-hydrogen) atoms. The van der Waals surface area contributed by atoms with Crippen molar-refractivity contribution < 1.29 is 19.0 Å². The second-order valence-corrected chi connectivity index (χ2v) is 5.70. The lowest BCUT2D eigenvalue weighted by molar-refractivity contribution is -0.138. The van der Waals surface area contributed by atoms with Gasteiger partial charge in [-0.1, -0.05) is 12.1 Å². The molecule has 0 bridgehead atoms. The van der Waals surface area contributed by atoms with Gasteiger partial charge in [0.2, 0.25) is 0 Å². The molecule has 3 aromatic rings. The monoisotopic (exact) mass is 364 g/mol. The van der Waals surface area contributed by atoms with E-state index in [4.69, 9.17) is 14.2 Å². The van der Waals surface area contributed by atoms with Crippen LogP contribution >= 0.6 is 0 Å². The SMILES string of the molecule is COc1cc(/C=C/C(=O)OCc2ccc(-n3cccn3)cc2)cc(OC)c1. The molecule has 6 heteroatoms. The maximum Gasteiger partial charge on any atom is 0.331 e. The van der Waals surface area contributed by atoms with Crippen LogP contribution in [0.5, 0.6) is 11.5 Å². The van der Waals surface area contributed by atoms with Crippen LogP contribution in [-0.4, -0.2) is 30.0 Å². The number of rotatable bonds is 7. The minimum absolute atomic E-state index is 0.198. The molecule has 0 N–H and O–H groups in total. The number of carbonyl (C=O) groups excluding carboxylic acids is 1. The summed E-state index contributed by atoms with van der Waals surface area (Å²) in [6.45, 7) is 0.198. The van der Waals surface area contributed by atoms with Gasteiger partial charge in [-0.2, -0.15) is 5.10 Å². The van der Waals surface area contributed by atoms with Crippen molar-refractivity contribution in [2.24, 2.45) is 0 Å². The molecule has 1 aromatic heterocycles. The highest BCUT2D eigenvalue weighted by molar-refractivity contribution is 5.87. The maximum atomic E-state index is 12.0. The molecule has 0 aliphatic heterocycles. The van der Waals surface area contributed by atoms with Crippen molar-refractivity contribution in [3.63, 3.8) is 0 Å². The van der Waals surface area contributed by atoms with E-state index in [9.17, 15) is 4.79 Å². The first-order valence-corrected chi connectivity index (χ1v) is 8.35. The first kappa shape index (κ1) is 18.3. The van der Waals surface area contributed by atoms with E-state index in [0.717, 1.165) is 16.8 Å². The number of esters is 1.